The summed E-state index contributed by atoms with van der Waals surface area (Å²) in [5.74, 6) is 0. The van der Waals surface area contributed by atoms with Crippen molar-refractivity contribution in [2.45, 2.75) is 52.1 Å². The first-order chi connectivity index (χ1) is 13.8. The molecule has 0 aliphatic carbocycles. The predicted molar refractivity (Wildman–Crippen MR) is 119 cm³/mol. The minimum atomic E-state index is -1.14. The summed E-state index contributed by atoms with van der Waals surface area (Å²) in [5.41, 5.74) is 4.73. The van der Waals surface area contributed by atoms with Crippen LogP contribution in [0.15, 0.2) is 41.8 Å². The molecule has 154 valence electrons. The van der Waals surface area contributed by atoms with Crippen LogP contribution in [-0.4, -0.2) is 38.2 Å². The van der Waals surface area contributed by atoms with Gasteiger partial charge in [0.1, 0.15) is 5.67 Å². The maximum Gasteiger partial charge on any atom is 0.118 e. The standard InChI is InChI=1S/C16H21FN2.C7H7NOS/c1-11-8-13-12-6-4-5-7-14(12)18-15(13)9-19(11)10-16(2,3)17;9-4-5-3-7-6(8-5)1-2-10-7/h4-7,11,18H,8-10H2,1-3H3;1-3,8-9H,4H2. The Hall–Kier alpha value is -2.15. The Morgan fingerprint density at radius 2 is 2.00 bits per heavy atom. The van der Waals surface area contributed by atoms with Gasteiger partial charge in [-0.3, -0.25) is 4.90 Å². The van der Waals surface area contributed by atoms with Crippen LogP contribution in [0.4, 0.5) is 4.39 Å². The highest BCUT2D eigenvalue weighted by atomic mass is 32.1. The summed E-state index contributed by atoms with van der Waals surface area (Å²) in [6.07, 6.45) is 0.995. The molecule has 1 aliphatic rings. The van der Waals surface area contributed by atoms with Crippen LogP contribution >= 0.6 is 11.3 Å². The van der Waals surface area contributed by atoms with Crippen molar-refractivity contribution in [3.8, 4) is 0 Å². The number of para-hydroxylation sites is 1. The maximum absolute atomic E-state index is 13.9. The van der Waals surface area contributed by atoms with Gasteiger partial charge in [0.05, 0.1) is 16.8 Å². The number of nitrogens with zero attached hydrogens (tertiary/aromatic N) is 1. The fourth-order valence-electron chi connectivity index (χ4n) is 4.09. The van der Waals surface area contributed by atoms with Crippen molar-refractivity contribution in [1.82, 2.24) is 14.9 Å². The number of hydrogen-bond acceptors (Lipinski definition) is 3. The van der Waals surface area contributed by atoms with E-state index >= 15 is 0 Å². The fourth-order valence-corrected chi connectivity index (χ4v) is 4.90. The summed E-state index contributed by atoms with van der Waals surface area (Å²) in [6.45, 7) is 6.90. The number of benzene rings is 1. The second kappa shape index (κ2) is 7.94. The third kappa shape index (κ3) is 4.39. The molecule has 0 fully saturated rings. The summed E-state index contributed by atoms with van der Waals surface area (Å²) < 4.78 is 15.1. The van der Waals surface area contributed by atoms with E-state index in [2.05, 4.69) is 46.1 Å². The van der Waals surface area contributed by atoms with Gasteiger partial charge in [0, 0.05) is 41.4 Å². The lowest BCUT2D eigenvalue weighted by Crippen LogP contribution is -2.44. The SMILES string of the molecule is CC1Cc2c([nH]c3ccccc23)CN1CC(C)(C)F.OCc1cc2sccc2[nH]1. The number of aromatic amines is 2. The molecule has 1 aromatic carbocycles. The number of fused-ring (bicyclic) bond motifs is 4. The Morgan fingerprint density at radius 1 is 1.21 bits per heavy atom. The van der Waals surface area contributed by atoms with Gasteiger partial charge in [0.25, 0.3) is 0 Å². The third-order valence-corrected chi connectivity index (χ3v) is 6.30. The summed E-state index contributed by atoms with van der Waals surface area (Å²) in [6, 6.07) is 12.8. The van der Waals surface area contributed by atoms with E-state index in [4.69, 9.17) is 5.11 Å². The van der Waals surface area contributed by atoms with Crippen molar-refractivity contribution in [1.29, 1.82) is 0 Å². The first-order valence-electron chi connectivity index (χ1n) is 10.0. The summed E-state index contributed by atoms with van der Waals surface area (Å²) in [4.78, 5) is 8.81. The molecule has 3 aromatic heterocycles. The predicted octanol–water partition coefficient (Wildman–Crippen LogP) is 5.38. The van der Waals surface area contributed by atoms with Crippen molar-refractivity contribution in [3.05, 3.63) is 58.7 Å². The van der Waals surface area contributed by atoms with Crippen LogP contribution in [0.2, 0.25) is 0 Å². The number of nitrogens with one attached hydrogen (secondary N) is 2. The normalized spacial score (nSPS) is 17.3. The second-order valence-corrected chi connectivity index (χ2v) is 9.40. The van der Waals surface area contributed by atoms with Gasteiger partial charge in [0.2, 0.25) is 0 Å². The van der Waals surface area contributed by atoms with E-state index in [0.717, 1.165) is 24.2 Å². The van der Waals surface area contributed by atoms with Gasteiger partial charge < -0.3 is 15.1 Å². The first-order valence-corrected chi connectivity index (χ1v) is 10.9. The summed E-state index contributed by atoms with van der Waals surface area (Å²) in [7, 11) is 0. The molecule has 29 heavy (non-hydrogen) atoms. The molecule has 1 atom stereocenters. The third-order valence-electron chi connectivity index (χ3n) is 5.43. The van der Waals surface area contributed by atoms with Gasteiger partial charge in [0.15, 0.2) is 0 Å². The van der Waals surface area contributed by atoms with Gasteiger partial charge in [-0.25, -0.2) is 4.39 Å². The number of alkyl halides is 1. The molecule has 0 bridgehead atoms. The number of aliphatic hydroxyl groups is 1. The average molecular weight is 414 g/mol. The molecular weight excluding hydrogens is 385 g/mol. The molecule has 5 rings (SSSR count). The van der Waals surface area contributed by atoms with Crippen LogP contribution in [0, 0.1) is 0 Å². The molecule has 6 heteroatoms. The molecule has 0 saturated heterocycles. The van der Waals surface area contributed by atoms with E-state index in [-0.39, 0.29) is 6.61 Å². The Morgan fingerprint density at radius 3 is 2.72 bits per heavy atom. The molecule has 4 aromatic rings. The zero-order valence-electron chi connectivity index (χ0n) is 17.1. The molecule has 3 N–H and O–H groups in total. The number of halogens is 1. The molecule has 4 nitrogen and oxygen atoms in total. The zero-order valence-corrected chi connectivity index (χ0v) is 17.9. The van der Waals surface area contributed by atoms with Crippen molar-refractivity contribution < 1.29 is 9.50 Å². The van der Waals surface area contributed by atoms with Gasteiger partial charge in [-0.15, -0.1) is 11.3 Å². The number of aromatic nitrogens is 2. The number of thiophene rings is 1. The molecule has 0 radical (unpaired) electrons. The highest BCUT2D eigenvalue weighted by Gasteiger charge is 2.30. The van der Waals surface area contributed by atoms with Crippen LogP contribution in [0.25, 0.3) is 21.1 Å². The molecule has 0 amide bonds. The zero-order chi connectivity index (χ0) is 20.6. The summed E-state index contributed by atoms with van der Waals surface area (Å²) in [5, 5.41) is 12.1. The lowest BCUT2D eigenvalue weighted by atomic mass is 9.96. The van der Waals surface area contributed by atoms with E-state index in [1.54, 1.807) is 25.2 Å². The molecular formula is C23H28FN3OS. The van der Waals surface area contributed by atoms with E-state index in [9.17, 15) is 4.39 Å². The fraction of sp³-hybridized carbons (Fsp3) is 0.391. The lowest BCUT2D eigenvalue weighted by Gasteiger charge is -2.36. The second-order valence-electron chi connectivity index (χ2n) is 8.46. The molecule has 0 saturated carbocycles. The monoisotopic (exact) mass is 413 g/mol. The van der Waals surface area contributed by atoms with E-state index < -0.39 is 5.67 Å². The van der Waals surface area contributed by atoms with Crippen molar-refractivity contribution in [3.63, 3.8) is 0 Å². The van der Waals surface area contributed by atoms with Crippen LogP contribution in [-0.2, 0) is 19.6 Å². The lowest BCUT2D eigenvalue weighted by molar-refractivity contribution is 0.0853. The van der Waals surface area contributed by atoms with Crippen LogP contribution in [0.1, 0.15) is 37.7 Å². The quantitative estimate of drug-likeness (QED) is 0.422. The maximum atomic E-state index is 13.9. The minimum absolute atomic E-state index is 0.0986. The number of H-pyrrole nitrogens is 2. The van der Waals surface area contributed by atoms with Crippen molar-refractivity contribution in [2.75, 3.05) is 6.54 Å². The summed E-state index contributed by atoms with van der Waals surface area (Å²) >= 11 is 1.68. The van der Waals surface area contributed by atoms with Crippen molar-refractivity contribution >= 4 is 32.5 Å². The first kappa shape index (κ1) is 20.1. The highest BCUT2D eigenvalue weighted by molar-refractivity contribution is 7.17. The Labute approximate surface area is 174 Å². The number of aliphatic hydroxyl groups excluding tert-OH is 1. The van der Waals surface area contributed by atoms with Crippen LogP contribution in [0.3, 0.4) is 0 Å². The largest absolute Gasteiger partial charge is 0.390 e. The Balaban J connectivity index is 0.000000171. The molecule has 0 spiro atoms. The van der Waals surface area contributed by atoms with E-state index in [0.29, 0.717) is 12.6 Å². The van der Waals surface area contributed by atoms with Gasteiger partial charge in [-0.2, -0.15) is 0 Å². The van der Waals surface area contributed by atoms with Crippen LogP contribution in [0.5, 0.6) is 0 Å². The Kier molecular flexibility index (Phi) is 5.51. The molecule has 4 heterocycles. The van der Waals surface area contributed by atoms with Gasteiger partial charge in [-0.05, 0) is 56.3 Å². The molecule has 1 aliphatic heterocycles. The Bertz CT molecular complexity index is 1080. The molecule has 1 unspecified atom stereocenters. The van der Waals surface area contributed by atoms with Crippen molar-refractivity contribution in [2.24, 2.45) is 0 Å². The van der Waals surface area contributed by atoms with Crippen LogP contribution < -0.4 is 0 Å². The average Bonchev–Trinajstić information content (AvgIpc) is 3.34. The van der Waals surface area contributed by atoms with E-state index in [1.807, 2.05) is 17.5 Å². The van der Waals surface area contributed by atoms with Gasteiger partial charge in [-0.1, -0.05) is 18.2 Å². The number of rotatable bonds is 3. The smallest absolute Gasteiger partial charge is 0.118 e. The highest BCUT2D eigenvalue weighted by Crippen LogP contribution is 2.31. The topological polar surface area (TPSA) is 55.1 Å². The minimum Gasteiger partial charge on any atom is -0.390 e. The van der Waals surface area contributed by atoms with E-state index in [1.165, 1.54) is 26.9 Å². The number of hydrogen-bond donors (Lipinski definition) is 3. The van der Waals surface area contributed by atoms with Gasteiger partial charge >= 0.3 is 0 Å².